The lowest BCUT2D eigenvalue weighted by Crippen LogP contribution is -2.67. The zero-order valence-corrected chi connectivity index (χ0v) is 22.7. The number of nitrogens with one attached hydrogen (secondary N) is 6. The molecule has 2 aliphatic rings. The van der Waals surface area contributed by atoms with E-state index in [1.165, 1.54) is 7.11 Å². The molecule has 2 heterocycles. The normalized spacial score (nSPS) is 32.0. The Balaban J connectivity index is 2.06. The summed E-state index contributed by atoms with van der Waals surface area (Å²) in [5, 5.41) is 58.3. The molecule has 0 aromatic heterocycles. The van der Waals surface area contributed by atoms with Crippen LogP contribution in [0.3, 0.4) is 0 Å². The molecule has 0 aliphatic carbocycles. The predicted octanol–water partition coefficient (Wildman–Crippen LogP) is -6.39. The summed E-state index contributed by atoms with van der Waals surface area (Å²) in [6.45, 7) is 2.83. The van der Waals surface area contributed by atoms with Gasteiger partial charge in [0.1, 0.15) is 42.7 Å². The number of hydrogen-bond acceptors (Lipinski definition) is 14. The average Bonchev–Trinajstić information content (AvgIpc) is 3.25. The van der Waals surface area contributed by atoms with Crippen molar-refractivity contribution in [3.63, 3.8) is 0 Å². The van der Waals surface area contributed by atoms with Crippen molar-refractivity contribution < 1.29 is 49.0 Å². The molecule has 0 spiro atoms. The van der Waals surface area contributed by atoms with E-state index >= 15 is 0 Å². The summed E-state index contributed by atoms with van der Waals surface area (Å²) in [6.07, 6.45) is -10.3. The fraction of sp³-hybridized carbons (Fsp3) is 0.909. The molecule has 2 rings (SSSR count). The van der Waals surface area contributed by atoms with E-state index in [1.54, 1.807) is 0 Å². The predicted molar refractivity (Wildman–Crippen MR) is 140 cm³/mol. The van der Waals surface area contributed by atoms with Crippen LogP contribution in [0.5, 0.6) is 0 Å². The van der Waals surface area contributed by atoms with Crippen molar-refractivity contribution in [3.8, 4) is 0 Å². The Morgan fingerprint density at radius 1 is 0.775 bits per heavy atom. The van der Waals surface area contributed by atoms with Crippen LogP contribution >= 0.6 is 0 Å². The third kappa shape index (κ3) is 10.5. The topological polar surface area (TPSA) is 276 Å². The maximum absolute atomic E-state index is 12.5. The van der Waals surface area contributed by atoms with Gasteiger partial charge in [0, 0.05) is 66.0 Å². The van der Waals surface area contributed by atoms with Crippen molar-refractivity contribution in [2.75, 3.05) is 72.6 Å². The molecule has 2 aliphatic heterocycles. The van der Waals surface area contributed by atoms with Crippen LogP contribution in [-0.4, -0.2) is 160 Å². The molecule has 9 atom stereocenters. The second-order valence-electron chi connectivity index (χ2n) is 9.22. The molecule has 0 bridgehead atoms. The largest absolute Gasteiger partial charge is 0.394 e. The fourth-order valence-corrected chi connectivity index (χ4v) is 4.18. The molecule has 14 N–H and O–H groups in total. The first kappa shape index (κ1) is 34.3. The van der Waals surface area contributed by atoms with Gasteiger partial charge < -0.3 is 82.7 Å². The number of nitrogens with two attached hydrogens (primary N) is 2. The van der Waals surface area contributed by atoms with Crippen molar-refractivity contribution in [2.45, 2.75) is 55.2 Å². The Morgan fingerprint density at radius 2 is 1.38 bits per heavy atom. The third-order valence-electron chi connectivity index (χ3n) is 6.27. The number of amides is 4. The molecule has 0 aromatic rings. The maximum atomic E-state index is 12.5. The van der Waals surface area contributed by atoms with Gasteiger partial charge in [0.2, 0.25) is 0 Å². The standard InChI is InChI=1S/C22H46N8O10/c1-37-20-17(34)18(13(11-31)39-20)40-19-14(30-22(36)28-9-7-26-5-3-24)16(33)15(32)12(38-19)10-29-21(35)27-8-6-25-4-2-23/h12-20,25-26,31-34H,2-11,23-24H2,1H3,(H2,27,29,35)(H2,28,30,36)/t12-,13+,14+,15+,16+,17+,18+,19+,20+/m0/s1. The minimum atomic E-state index is -1.60. The van der Waals surface area contributed by atoms with Gasteiger partial charge in [-0.15, -0.1) is 0 Å². The van der Waals surface area contributed by atoms with Gasteiger partial charge in [0.05, 0.1) is 6.61 Å². The number of urea groups is 2. The van der Waals surface area contributed by atoms with E-state index in [-0.39, 0.29) is 13.1 Å². The highest BCUT2D eigenvalue weighted by Crippen LogP contribution is 2.29. The van der Waals surface area contributed by atoms with Crippen LogP contribution in [0.1, 0.15) is 0 Å². The molecule has 2 saturated heterocycles. The molecule has 0 unspecified atom stereocenters. The lowest BCUT2D eigenvalue weighted by Gasteiger charge is -2.44. The second-order valence-corrected chi connectivity index (χ2v) is 9.22. The SMILES string of the molecule is CO[C@@H]1O[C@H](CO)[C@@H](O[C@H]2O[C@@H](CNC(=O)NCCNCCN)[C@@H](O)[C@H](O)[C@H]2NC(=O)NCCNCCN)[C@H]1O. The summed E-state index contributed by atoms with van der Waals surface area (Å²) >= 11 is 0. The molecule has 18 heteroatoms. The minimum absolute atomic E-state index is 0.222. The van der Waals surface area contributed by atoms with Crippen molar-refractivity contribution >= 4 is 12.1 Å². The molecule has 4 amide bonds. The monoisotopic (exact) mass is 582 g/mol. The first-order valence-electron chi connectivity index (χ1n) is 13.3. The molecule has 0 saturated carbocycles. The van der Waals surface area contributed by atoms with Gasteiger partial charge in [-0.25, -0.2) is 9.59 Å². The van der Waals surface area contributed by atoms with Crippen molar-refractivity contribution in [2.24, 2.45) is 11.5 Å². The molecule has 18 nitrogen and oxygen atoms in total. The van der Waals surface area contributed by atoms with E-state index in [1.807, 2.05) is 0 Å². The van der Waals surface area contributed by atoms with Crippen LogP contribution < -0.4 is 43.4 Å². The van der Waals surface area contributed by atoms with Gasteiger partial charge in [-0.05, 0) is 0 Å². The van der Waals surface area contributed by atoms with Gasteiger partial charge in [0.25, 0.3) is 0 Å². The number of carbonyl (C=O) groups is 2. The van der Waals surface area contributed by atoms with Crippen LogP contribution in [0.15, 0.2) is 0 Å². The van der Waals surface area contributed by atoms with Gasteiger partial charge in [-0.2, -0.15) is 0 Å². The first-order valence-corrected chi connectivity index (χ1v) is 13.3. The average molecular weight is 583 g/mol. The first-order chi connectivity index (χ1) is 19.3. The molecule has 234 valence electrons. The Kier molecular flexibility index (Phi) is 15.8. The number of hydrogen-bond donors (Lipinski definition) is 12. The molecular formula is C22H46N8O10. The highest BCUT2D eigenvalue weighted by atomic mass is 16.7. The quantitative estimate of drug-likeness (QED) is 0.0711. The third-order valence-corrected chi connectivity index (χ3v) is 6.27. The number of rotatable bonds is 17. The maximum Gasteiger partial charge on any atom is 0.315 e. The lowest BCUT2D eigenvalue weighted by molar-refractivity contribution is -0.283. The highest BCUT2D eigenvalue weighted by molar-refractivity contribution is 5.74. The molecule has 0 aromatic carbocycles. The van der Waals surface area contributed by atoms with E-state index in [0.717, 1.165) is 0 Å². The summed E-state index contributed by atoms with van der Waals surface area (Å²) < 4.78 is 22.3. The van der Waals surface area contributed by atoms with Crippen molar-refractivity contribution in [3.05, 3.63) is 0 Å². The Hall–Kier alpha value is -1.94. The van der Waals surface area contributed by atoms with Crippen LogP contribution in [0.25, 0.3) is 0 Å². The van der Waals surface area contributed by atoms with Crippen LogP contribution in [0.4, 0.5) is 9.59 Å². The fourth-order valence-electron chi connectivity index (χ4n) is 4.18. The van der Waals surface area contributed by atoms with Crippen LogP contribution in [-0.2, 0) is 18.9 Å². The second kappa shape index (κ2) is 18.5. The number of aliphatic hydroxyl groups is 4. The number of carbonyl (C=O) groups excluding carboxylic acids is 2. The zero-order valence-electron chi connectivity index (χ0n) is 22.7. The Labute approximate surface area is 232 Å². The number of methoxy groups -OCH3 is 1. The lowest BCUT2D eigenvalue weighted by atomic mass is 9.96. The van der Waals surface area contributed by atoms with E-state index in [9.17, 15) is 30.0 Å². The van der Waals surface area contributed by atoms with E-state index in [0.29, 0.717) is 45.8 Å². The van der Waals surface area contributed by atoms with Crippen LogP contribution in [0.2, 0.25) is 0 Å². The van der Waals surface area contributed by atoms with Gasteiger partial charge in [-0.3, -0.25) is 0 Å². The number of aliphatic hydroxyl groups excluding tert-OH is 4. The van der Waals surface area contributed by atoms with Crippen LogP contribution in [0, 0.1) is 0 Å². The number of ether oxygens (including phenoxy) is 4. The molecule has 2 fully saturated rings. The van der Waals surface area contributed by atoms with Gasteiger partial charge in [-0.1, -0.05) is 0 Å². The van der Waals surface area contributed by atoms with Gasteiger partial charge in [0.15, 0.2) is 12.6 Å². The Morgan fingerprint density at radius 3 is 1.95 bits per heavy atom. The van der Waals surface area contributed by atoms with E-state index in [2.05, 4.69) is 31.9 Å². The summed E-state index contributed by atoms with van der Waals surface area (Å²) in [6, 6.07) is -2.53. The Bertz CT molecular complexity index is 740. The van der Waals surface area contributed by atoms with Gasteiger partial charge >= 0.3 is 12.1 Å². The van der Waals surface area contributed by atoms with E-state index in [4.69, 9.17) is 30.4 Å². The highest BCUT2D eigenvalue weighted by Gasteiger charge is 2.51. The summed E-state index contributed by atoms with van der Waals surface area (Å²) in [5.41, 5.74) is 10.8. The summed E-state index contributed by atoms with van der Waals surface area (Å²) in [5.74, 6) is 0. The summed E-state index contributed by atoms with van der Waals surface area (Å²) in [7, 11) is 1.31. The van der Waals surface area contributed by atoms with E-state index < -0.39 is 73.9 Å². The molecular weight excluding hydrogens is 536 g/mol. The zero-order chi connectivity index (χ0) is 29.5. The summed E-state index contributed by atoms with van der Waals surface area (Å²) in [4.78, 5) is 24.7. The van der Waals surface area contributed by atoms with Crippen molar-refractivity contribution in [1.29, 1.82) is 0 Å². The molecule has 40 heavy (non-hydrogen) atoms. The van der Waals surface area contributed by atoms with Crippen molar-refractivity contribution in [1.82, 2.24) is 31.9 Å². The smallest absolute Gasteiger partial charge is 0.315 e. The minimum Gasteiger partial charge on any atom is -0.394 e. The molecule has 0 radical (unpaired) electrons.